The van der Waals surface area contributed by atoms with Crippen molar-refractivity contribution in [3.63, 3.8) is 0 Å². The van der Waals surface area contributed by atoms with Gasteiger partial charge in [0.1, 0.15) is 0 Å². The molecule has 1 atom stereocenters. The fourth-order valence-corrected chi connectivity index (χ4v) is 1.84. The highest BCUT2D eigenvalue weighted by Gasteiger charge is 2.17. The Bertz CT molecular complexity index is 339. The molecular formula is C12H15NO2. The molecule has 0 aromatic heterocycles. The van der Waals surface area contributed by atoms with Crippen LogP contribution < -0.4 is 5.73 Å². The molecule has 15 heavy (non-hydrogen) atoms. The van der Waals surface area contributed by atoms with E-state index in [-0.39, 0.29) is 18.4 Å². The minimum Gasteiger partial charge on any atom is -0.374 e. The van der Waals surface area contributed by atoms with Gasteiger partial charge in [0, 0.05) is 12.2 Å². The van der Waals surface area contributed by atoms with Crippen molar-refractivity contribution in [3.05, 3.63) is 35.4 Å². The van der Waals surface area contributed by atoms with Crippen LogP contribution in [0.5, 0.6) is 0 Å². The van der Waals surface area contributed by atoms with Crippen LogP contribution in [0.15, 0.2) is 24.3 Å². The van der Waals surface area contributed by atoms with Gasteiger partial charge in [-0.2, -0.15) is 0 Å². The lowest BCUT2D eigenvalue weighted by Crippen LogP contribution is -2.13. The molecule has 0 radical (unpaired) electrons. The zero-order valence-electron chi connectivity index (χ0n) is 8.61. The molecule has 80 valence electrons. The van der Waals surface area contributed by atoms with Gasteiger partial charge in [0.05, 0.1) is 12.6 Å². The molecule has 0 saturated carbocycles. The van der Waals surface area contributed by atoms with Crippen molar-refractivity contribution < 1.29 is 9.53 Å². The first-order chi connectivity index (χ1) is 7.31. The maximum Gasteiger partial charge on any atom is 0.176 e. The van der Waals surface area contributed by atoms with E-state index in [0.717, 1.165) is 25.0 Å². The predicted molar refractivity (Wildman–Crippen MR) is 57.8 cm³/mol. The number of nitrogens with two attached hydrogens (primary N) is 1. The smallest absolute Gasteiger partial charge is 0.176 e. The normalized spacial score (nSPS) is 20.5. The van der Waals surface area contributed by atoms with Gasteiger partial charge >= 0.3 is 0 Å². The highest BCUT2D eigenvalue weighted by molar-refractivity contribution is 5.97. The molecule has 2 rings (SSSR count). The molecule has 1 aromatic rings. The van der Waals surface area contributed by atoms with E-state index in [2.05, 4.69) is 0 Å². The van der Waals surface area contributed by atoms with Crippen LogP contribution in [0.1, 0.15) is 34.9 Å². The summed E-state index contributed by atoms with van der Waals surface area (Å²) < 4.78 is 5.56. The fraction of sp³-hybridized carbons (Fsp3) is 0.417. The summed E-state index contributed by atoms with van der Waals surface area (Å²) in [7, 11) is 0. The largest absolute Gasteiger partial charge is 0.374 e. The fourth-order valence-electron chi connectivity index (χ4n) is 1.84. The quantitative estimate of drug-likeness (QED) is 0.764. The molecule has 1 saturated heterocycles. The summed E-state index contributed by atoms with van der Waals surface area (Å²) in [6.45, 7) is 0.910. The van der Waals surface area contributed by atoms with Gasteiger partial charge in [-0.1, -0.05) is 24.3 Å². The van der Waals surface area contributed by atoms with E-state index in [1.54, 1.807) is 0 Å². The van der Waals surface area contributed by atoms with Gasteiger partial charge in [0.2, 0.25) is 0 Å². The third kappa shape index (κ3) is 2.25. The van der Waals surface area contributed by atoms with E-state index in [9.17, 15) is 4.79 Å². The second-order valence-corrected chi connectivity index (χ2v) is 3.75. The molecule has 1 heterocycles. The monoisotopic (exact) mass is 205 g/mol. The summed E-state index contributed by atoms with van der Waals surface area (Å²) in [5.41, 5.74) is 7.12. The molecule has 0 spiro atoms. The average Bonchev–Trinajstić information content (AvgIpc) is 2.82. The Labute approximate surface area is 89.2 Å². The number of carbonyl (C=O) groups is 1. The lowest BCUT2D eigenvalue weighted by atomic mass is 10.0. The van der Waals surface area contributed by atoms with Gasteiger partial charge in [-0.3, -0.25) is 4.79 Å². The van der Waals surface area contributed by atoms with Crippen LogP contribution in [0.4, 0.5) is 0 Å². The Morgan fingerprint density at radius 2 is 2.13 bits per heavy atom. The SMILES string of the molecule is NCC(=O)c1ccc(C2CCCO2)cc1. The first-order valence-corrected chi connectivity index (χ1v) is 5.26. The second kappa shape index (κ2) is 4.55. The van der Waals surface area contributed by atoms with Gasteiger partial charge in [0.25, 0.3) is 0 Å². The van der Waals surface area contributed by atoms with Gasteiger partial charge in [-0.05, 0) is 18.4 Å². The van der Waals surface area contributed by atoms with Crippen LogP contribution in [0.25, 0.3) is 0 Å². The van der Waals surface area contributed by atoms with Crippen LogP contribution in [0.2, 0.25) is 0 Å². The van der Waals surface area contributed by atoms with E-state index >= 15 is 0 Å². The minimum atomic E-state index is -0.0195. The molecule has 3 heteroatoms. The van der Waals surface area contributed by atoms with Crippen molar-refractivity contribution in [1.29, 1.82) is 0 Å². The summed E-state index contributed by atoms with van der Waals surface area (Å²) in [4.78, 5) is 11.3. The van der Waals surface area contributed by atoms with Crippen molar-refractivity contribution in [2.75, 3.05) is 13.2 Å². The number of benzene rings is 1. The number of carbonyl (C=O) groups excluding carboxylic acids is 1. The molecule has 0 aliphatic carbocycles. The van der Waals surface area contributed by atoms with Gasteiger partial charge in [-0.25, -0.2) is 0 Å². The lowest BCUT2D eigenvalue weighted by Gasteiger charge is -2.09. The maximum absolute atomic E-state index is 11.3. The molecule has 0 bridgehead atoms. The Morgan fingerprint density at radius 3 is 2.67 bits per heavy atom. The van der Waals surface area contributed by atoms with Crippen LogP contribution in [0, 0.1) is 0 Å². The molecule has 1 aliphatic rings. The standard InChI is InChI=1S/C12H15NO2/c13-8-11(14)9-3-5-10(6-4-9)12-2-1-7-15-12/h3-6,12H,1-2,7-8,13H2. The van der Waals surface area contributed by atoms with E-state index < -0.39 is 0 Å². The molecule has 1 aromatic carbocycles. The van der Waals surface area contributed by atoms with E-state index in [4.69, 9.17) is 10.5 Å². The molecule has 1 fully saturated rings. The first kappa shape index (κ1) is 10.3. The zero-order chi connectivity index (χ0) is 10.7. The number of hydrogen-bond acceptors (Lipinski definition) is 3. The maximum atomic E-state index is 11.3. The molecular weight excluding hydrogens is 190 g/mol. The van der Waals surface area contributed by atoms with Crippen LogP contribution in [0.3, 0.4) is 0 Å². The summed E-state index contributed by atoms with van der Waals surface area (Å²) in [5, 5.41) is 0. The molecule has 1 aliphatic heterocycles. The zero-order valence-corrected chi connectivity index (χ0v) is 8.61. The third-order valence-electron chi connectivity index (χ3n) is 2.72. The average molecular weight is 205 g/mol. The van der Waals surface area contributed by atoms with Crippen molar-refractivity contribution >= 4 is 5.78 Å². The molecule has 0 amide bonds. The number of ether oxygens (including phenoxy) is 1. The first-order valence-electron chi connectivity index (χ1n) is 5.26. The highest BCUT2D eigenvalue weighted by atomic mass is 16.5. The molecule has 1 unspecified atom stereocenters. The van der Waals surface area contributed by atoms with Crippen molar-refractivity contribution in [2.45, 2.75) is 18.9 Å². The summed E-state index contributed by atoms with van der Waals surface area (Å²) >= 11 is 0. The van der Waals surface area contributed by atoms with Gasteiger partial charge in [-0.15, -0.1) is 0 Å². The number of ketones is 1. The van der Waals surface area contributed by atoms with Crippen molar-refractivity contribution in [3.8, 4) is 0 Å². The predicted octanol–water partition coefficient (Wildman–Crippen LogP) is 1.68. The Hall–Kier alpha value is -1.19. The summed E-state index contributed by atoms with van der Waals surface area (Å²) in [6, 6.07) is 7.57. The number of rotatable bonds is 3. The minimum absolute atomic E-state index is 0.0195. The third-order valence-corrected chi connectivity index (χ3v) is 2.72. The van der Waals surface area contributed by atoms with Crippen molar-refractivity contribution in [2.24, 2.45) is 5.73 Å². The number of hydrogen-bond donors (Lipinski definition) is 1. The Morgan fingerprint density at radius 1 is 1.40 bits per heavy atom. The number of Topliss-reactive ketones (excluding diaryl/α,β-unsaturated/α-hetero) is 1. The Balaban J connectivity index is 2.12. The lowest BCUT2D eigenvalue weighted by molar-refractivity contribution is 0.1000. The van der Waals surface area contributed by atoms with E-state index in [1.807, 2.05) is 24.3 Å². The molecule has 3 nitrogen and oxygen atoms in total. The van der Waals surface area contributed by atoms with Gasteiger partial charge < -0.3 is 10.5 Å². The summed E-state index contributed by atoms with van der Waals surface area (Å²) in [5.74, 6) is -0.0195. The van der Waals surface area contributed by atoms with Crippen LogP contribution in [-0.4, -0.2) is 18.9 Å². The Kier molecular flexibility index (Phi) is 3.14. The second-order valence-electron chi connectivity index (χ2n) is 3.75. The van der Waals surface area contributed by atoms with Crippen LogP contribution >= 0.6 is 0 Å². The van der Waals surface area contributed by atoms with Crippen LogP contribution in [-0.2, 0) is 4.74 Å². The van der Waals surface area contributed by atoms with Gasteiger partial charge in [0.15, 0.2) is 5.78 Å². The topological polar surface area (TPSA) is 52.3 Å². The van der Waals surface area contributed by atoms with Crippen molar-refractivity contribution in [1.82, 2.24) is 0 Å². The summed E-state index contributed by atoms with van der Waals surface area (Å²) in [6.07, 6.45) is 2.41. The molecule has 2 N–H and O–H groups in total. The highest BCUT2D eigenvalue weighted by Crippen LogP contribution is 2.28. The van der Waals surface area contributed by atoms with E-state index in [0.29, 0.717) is 5.56 Å². The van der Waals surface area contributed by atoms with E-state index in [1.165, 1.54) is 0 Å².